The van der Waals surface area contributed by atoms with Crippen LogP contribution in [0.2, 0.25) is 0 Å². The van der Waals surface area contributed by atoms with Gasteiger partial charge in [0.1, 0.15) is 16.2 Å². The molecule has 3 rings (SSSR count). The van der Waals surface area contributed by atoms with Crippen LogP contribution in [0.1, 0.15) is 30.7 Å². The number of hydrogen-bond acceptors (Lipinski definition) is 5. The van der Waals surface area contributed by atoms with Crippen LogP contribution in [0, 0.1) is 0 Å². The number of hydrogen-bond donors (Lipinski definition) is 1. The van der Waals surface area contributed by atoms with E-state index in [-0.39, 0.29) is 5.91 Å². The fraction of sp³-hybridized carbons (Fsp3) is 0.316. The summed E-state index contributed by atoms with van der Waals surface area (Å²) >= 11 is 3.30. The summed E-state index contributed by atoms with van der Waals surface area (Å²) in [5.74, 6) is 0.347. The number of thioether (sulfide) groups is 1. The Morgan fingerprint density at radius 2 is 1.92 bits per heavy atom. The van der Waals surface area contributed by atoms with Gasteiger partial charge < -0.3 is 5.73 Å². The fourth-order valence-corrected chi connectivity index (χ4v) is 4.90. The average molecular weight is 372 g/mol. The molecule has 1 amide bonds. The third-order valence-electron chi connectivity index (χ3n) is 4.09. The summed E-state index contributed by atoms with van der Waals surface area (Å²) in [6.45, 7) is 4.33. The molecule has 0 spiro atoms. The minimum atomic E-state index is -0.284. The van der Waals surface area contributed by atoms with Crippen LogP contribution in [0.5, 0.6) is 0 Å². The lowest BCUT2D eigenvalue weighted by molar-refractivity contribution is -0.117. The van der Waals surface area contributed by atoms with Crippen molar-refractivity contribution in [1.82, 2.24) is 9.97 Å². The first-order valence-electron chi connectivity index (χ1n) is 8.40. The summed E-state index contributed by atoms with van der Waals surface area (Å²) in [7, 11) is 0. The van der Waals surface area contributed by atoms with Crippen LogP contribution >= 0.6 is 23.1 Å². The first-order chi connectivity index (χ1) is 12.1. The highest BCUT2D eigenvalue weighted by molar-refractivity contribution is 7.99. The topological polar surface area (TPSA) is 68.9 Å². The number of nitrogens with zero attached hydrogens (tertiary/aromatic N) is 2. The first-order valence-corrected chi connectivity index (χ1v) is 10.2. The molecule has 2 aromatic heterocycles. The second kappa shape index (κ2) is 7.97. The quantitative estimate of drug-likeness (QED) is 0.492. The van der Waals surface area contributed by atoms with Crippen LogP contribution in [-0.2, 0) is 17.6 Å². The van der Waals surface area contributed by atoms with Crippen molar-refractivity contribution in [1.29, 1.82) is 0 Å². The summed E-state index contributed by atoms with van der Waals surface area (Å²) in [5.41, 5.74) is 9.02. The standard InChI is InChI=1S/C19H21N3OS2/c1-3-12-5-7-13(8-6-12)16-14(4-2)25-19-17(16)18(21-11-22-19)24-10-9-15(20)23/h5-8,11H,3-4,9-10H2,1-2H3,(H2,20,23). The molecule has 0 saturated heterocycles. The number of carbonyl (C=O) groups excluding carboxylic acids is 1. The van der Waals surface area contributed by atoms with Gasteiger partial charge in [-0.25, -0.2) is 9.97 Å². The van der Waals surface area contributed by atoms with E-state index in [9.17, 15) is 4.79 Å². The number of thiophene rings is 1. The minimum Gasteiger partial charge on any atom is -0.370 e. The summed E-state index contributed by atoms with van der Waals surface area (Å²) in [5, 5.41) is 2.03. The Morgan fingerprint density at radius 1 is 1.16 bits per heavy atom. The molecule has 1 aromatic carbocycles. The summed E-state index contributed by atoms with van der Waals surface area (Å²) < 4.78 is 0. The van der Waals surface area contributed by atoms with Crippen molar-refractivity contribution in [3.8, 4) is 11.1 Å². The molecule has 0 radical (unpaired) electrons. The molecule has 3 aromatic rings. The van der Waals surface area contributed by atoms with Crippen LogP contribution in [0.3, 0.4) is 0 Å². The number of amides is 1. The van der Waals surface area contributed by atoms with Gasteiger partial charge in [0.05, 0.1) is 5.39 Å². The normalized spacial score (nSPS) is 11.1. The zero-order chi connectivity index (χ0) is 17.8. The zero-order valence-corrected chi connectivity index (χ0v) is 16.0. The lowest BCUT2D eigenvalue weighted by Crippen LogP contribution is -2.10. The van der Waals surface area contributed by atoms with Crippen molar-refractivity contribution in [3.05, 3.63) is 41.0 Å². The van der Waals surface area contributed by atoms with Crippen molar-refractivity contribution < 1.29 is 4.79 Å². The van der Waals surface area contributed by atoms with Crippen molar-refractivity contribution in [3.63, 3.8) is 0 Å². The molecule has 0 aliphatic rings. The molecule has 0 aliphatic heterocycles. The maximum Gasteiger partial charge on any atom is 0.218 e. The van der Waals surface area contributed by atoms with Gasteiger partial charge in [-0.05, 0) is 24.0 Å². The second-order valence-corrected chi connectivity index (χ2v) is 7.90. The number of nitrogens with two attached hydrogens (primary N) is 1. The zero-order valence-electron chi connectivity index (χ0n) is 14.4. The first kappa shape index (κ1) is 17.9. The van der Waals surface area contributed by atoms with Crippen LogP contribution < -0.4 is 5.73 Å². The third kappa shape index (κ3) is 3.85. The van der Waals surface area contributed by atoms with Crippen LogP contribution in [0.15, 0.2) is 35.6 Å². The Hall–Kier alpha value is -1.92. The number of aromatic nitrogens is 2. The molecule has 6 heteroatoms. The number of fused-ring (bicyclic) bond motifs is 1. The molecule has 0 unspecified atom stereocenters. The highest BCUT2D eigenvalue weighted by Gasteiger charge is 2.18. The Bertz CT molecular complexity index is 888. The van der Waals surface area contributed by atoms with E-state index in [0.29, 0.717) is 12.2 Å². The molecule has 130 valence electrons. The van der Waals surface area contributed by atoms with Gasteiger partial charge in [0, 0.05) is 22.6 Å². The lowest BCUT2D eigenvalue weighted by atomic mass is 10.0. The molecule has 0 saturated carbocycles. The van der Waals surface area contributed by atoms with E-state index in [1.165, 1.54) is 21.6 Å². The molecule has 0 fully saturated rings. The van der Waals surface area contributed by atoms with Crippen molar-refractivity contribution in [2.24, 2.45) is 5.73 Å². The van der Waals surface area contributed by atoms with Crippen LogP contribution in [0.25, 0.3) is 21.3 Å². The Morgan fingerprint density at radius 3 is 2.56 bits per heavy atom. The molecule has 0 bridgehead atoms. The van der Waals surface area contributed by atoms with E-state index in [0.717, 1.165) is 28.1 Å². The summed E-state index contributed by atoms with van der Waals surface area (Å²) in [6.07, 6.45) is 3.94. The Kier molecular flexibility index (Phi) is 5.71. The van der Waals surface area contributed by atoms with Crippen LogP contribution in [0.4, 0.5) is 0 Å². The van der Waals surface area contributed by atoms with Gasteiger partial charge in [0.25, 0.3) is 0 Å². The number of carbonyl (C=O) groups is 1. The van der Waals surface area contributed by atoms with Gasteiger partial charge in [-0.3, -0.25) is 4.79 Å². The molecular formula is C19H21N3OS2. The fourth-order valence-electron chi connectivity index (χ4n) is 2.77. The van der Waals surface area contributed by atoms with E-state index in [1.807, 2.05) is 0 Å². The van der Waals surface area contributed by atoms with Gasteiger partial charge in [0.15, 0.2) is 0 Å². The number of rotatable bonds is 7. The van der Waals surface area contributed by atoms with Gasteiger partial charge in [-0.1, -0.05) is 38.1 Å². The van der Waals surface area contributed by atoms with E-state index < -0.39 is 0 Å². The highest BCUT2D eigenvalue weighted by Crippen LogP contribution is 2.42. The number of benzene rings is 1. The predicted octanol–water partition coefficient (Wildman–Crippen LogP) is 4.45. The second-order valence-electron chi connectivity index (χ2n) is 5.73. The van der Waals surface area contributed by atoms with Crippen LogP contribution in [-0.4, -0.2) is 21.6 Å². The van der Waals surface area contributed by atoms with E-state index in [1.54, 1.807) is 29.4 Å². The van der Waals surface area contributed by atoms with Gasteiger partial charge in [-0.15, -0.1) is 23.1 Å². The monoisotopic (exact) mass is 371 g/mol. The smallest absolute Gasteiger partial charge is 0.218 e. The lowest BCUT2D eigenvalue weighted by Gasteiger charge is -2.07. The van der Waals surface area contributed by atoms with Gasteiger partial charge in [-0.2, -0.15) is 0 Å². The molecular weight excluding hydrogens is 350 g/mol. The molecule has 0 atom stereocenters. The number of primary amides is 1. The van der Waals surface area contributed by atoms with Gasteiger partial charge in [0.2, 0.25) is 5.91 Å². The Labute approximate surface area is 155 Å². The van der Waals surface area contributed by atoms with Crippen molar-refractivity contribution in [2.75, 3.05) is 5.75 Å². The SMILES string of the molecule is CCc1ccc(-c2c(CC)sc3ncnc(SCCC(N)=O)c23)cc1. The van der Waals surface area contributed by atoms with Crippen molar-refractivity contribution in [2.45, 2.75) is 38.1 Å². The maximum atomic E-state index is 11.0. The predicted molar refractivity (Wildman–Crippen MR) is 106 cm³/mol. The molecule has 2 heterocycles. The minimum absolute atomic E-state index is 0.284. The van der Waals surface area contributed by atoms with Gasteiger partial charge >= 0.3 is 0 Å². The van der Waals surface area contributed by atoms with E-state index in [4.69, 9.17) is 5.73 Å². The Balaban J connectivity index is 2.09. The molecule has 25 heavy (non-hydrogen) atoms. The van der Waals surface area contributed by atoms with E-state index in [2.05, 4.69) is 48.1 Å². The third-order valence-corrected chi connectivity index (χ3v) is 6.32. The van der Waals surface area contributed by atoms with Crippen molar-refractivity contribution >= 4 is 39.2 Å². The van der Waals surface area contributed by atoms with E-state index >= 15 is 0 Å². The largest absolute Gasteiger partial charge is 0.370 e. The highest BCUT2D eigenvalue weighted by atomic mass is 32.2. The summed E-state index contributed by atoms with van der Waals surface area (Å²) in [4.78, 5) is 22.3. The summed E-state index contributed by atoms with van der Waals surface area (Å²) in [6, 6.07) is 8.73. The maximum absolute atomic E-state index is 11.0. The number of aryl methyl sites for hydroxylation is 2. The molecule has 2 N–H and O–H groups in total. The molecule has 0 aliphatic carbocycles. The average Bonchev–Trinajstić information content (AvgIpc) is 3.01. The molecule has 4 nitrogen and oxygen atoms in total.